The first-order valence-electron chi connectivity index (χ1n) is 6.60. The zero-order chi connectivity index (χ0) is 11.6. The number of thioether (sulfide) groups is 1. The third-order valence-corrected chi connectivity index (χ3v) is 5.44. The van der Waals surface area contributed by atoms with E-state index in [4.69, 9.17) is 4.74 Å². The van der Waals surface area contributed by atoms with Crippen LogP contribution < -0.4 is 5.32 Å². The second-order valence-corrected chi connectivity index (χ2v) is 7.29. The molecule has 1 aliphatic heterocycles. The standard InChI is InChI=1S/C13H25NOS/c1-4-14-12-11(16-10-8-15-9-10)6-5-7-13(12,2)3/h10-12,14H,4-9H2,1-3H3. The maximum atomic E-state index is 5.28. The largest absolute Gasteiger partial charge is 0.379 e. The van der Waals surface area contributed by atoms with Crippen LogP contribution in [0.1, 0.15) is 40.0 Å². The van der Waals surface area contributed by atoms with Crippen LogP contribution in [-0.4, -0.2) is 36.3 Å². The summed E-state index contributed by atoms with van der Waals surface area (Å²) in [5.41, 5.74) is 0.455. The van der Waals surface area contributed by atoms with Crippen molar-refractivity contribution in [2.45, 2.75) is 56.6 Å². The van der Waals surface area contributed by atoms with Crippen LogP contribution in [0.4, 0.5) is 0 Å². The van der Waals surface area contributed by atoms with Crippen LogP contribution in [0.3, 0.4) is 0 Å². The Morgan fingerprint density at radius 2 is 2.12 bits per heavy atom. The first-order valence-corrected chi connectivity index (χ1v) is 7.54. The van der Waals surface area contributed by atoms with Gasteiger partial charge < -0.3 is 10.1 Å². The van der Waals surface area contributed by atoms with Gasteiger partial charge in [-0.3, -0.25) is 0 Å². The van der Waals surface area contributed by atoms with Gasteiger partial charge in [-0.25, -0.2) is 0 Å². The number of rotatable bonds is 4. The molecule has 2 unspecified atom stereocenters. The molecule has 16 heavy (non-hydrogen) atoms. The predicted molar refractivity (Wildman–Crippen MR) is 71.1 cm³/mol. The summed E-state index contributed by atoms with van der Waals surface area (Å²) in [6, 6.07) is 0.678. The van der Waals surface area contributed by atoms with Crippen LogP contribution in [0, 0.1) is 5.41 Å². The summed E-state index contributed by atoms with van der Waals surface area (Å²) in [6.45, 7) is 10.1. The molecular formula is C13H25NOS. The van der Waals surface area contributed by atoms with Crippen LogP contribution in [0.25, 0.3) is 0 Å². The van der Waals surface area contributed by atoms with E-state index < -0.39 is 0 Å². The molecule has 1 aliphatic carbocycles. The Morgan fingerprint density at radius 1 is 1.38 bits per heavy atom. The van der Waals surface area contributed by atoms with E-state index in [1.54, 1.807) is 0 Å². The van der Waals surface area contributed by atoms with Gasteiger partial charge in [0.15, 0.2) is 0 Å². The molecular weight excluding hydrogens is 218 g/mol. The van der Waals surface area contributed by atoms with Crippen molar-refractivity contribution < 1.29 is 4.74 Å². The van der Waals surface area contributed by atoms with Crippen LogP contribution in [-0.2, 0) is 4.74 Å². The van der Waals surface area contributed by atoms with Gasteiger partial charge in [-0.15, -0.1) is 11.8 Å². The Kier molecular flexibility index (Phi) is 4.20. The molecule has 2 fully saturated rings. The third kappa shape index (κ3) is 2.74. The van der Waals surface area contributed by atoms with E-state index in [1.165, 1.54) is 19.3 Å². The molecule has 1 saturated heterocycles. The van der Waals surface area contributed by atoms with Crippen LogP contribution in [0.5, 0.6) is 0 Å². The van der Waals surface area contributed by atoms with E-state index in [0.717, 1.165) is 30.3 Å². The van der Waals surface area contributed by atoms with Crippen LogP contribution in [0.15, 0.2) is 0 Å². The predicted octanol–water partition coefficient (Wildman–Crippen LogP) is 2.68. The molecule has 2 nitrogen and oxygen atoms in total. The van der Waals surface area contributed by atoms with E-state index in [1.807, 2.05) is 0 Å². The highest BCUT2D eigenvalue weighted by molar-refractivity contribution is 8.00. The lowest BCUT2D eigenvalue weighted by atomic mass is 9.73. The SMILES string of the molecule is CCNC1C(SC2COC2)CCCC1(C)C. The van der Waals surface area contributed by atoms with Gasteiger partial charge in [0, 0.05) is 11.3 Å². The summed E-state index contributed by atoms with van der Waals surface area (Å²) in [5, 5.41) is 5.27. The van der Waals surface area contributed by atoms with Crippen molar-refractivity contribution in [1.82, 2.24) is 5.32 Å². The Bertz CT molecular complexity index is 228. The minimum absolute atomic E-state index is 0.455. The lowest BCUT2D eigenvalue weighted by Gasteiger charge is -2.46. The second kappa shape index (κ2) is 5.28. The first kappa shape index (κ1) is 12.7. The second-order valence-electron chi connectivity index (χ2n) is 5.75. The van der Waals surface area contributed by atoms with Gasteiger partial charge in [0.2, 0.25) is 0 Å². The Morgan fingerprint density at radius 3 is 2.69 bits per heavy atom. The van der Waals surface area contributed by atoms with Crippen molar-refractivity contribution in [3.63, 3.8) is 0 Å². The van der Waals surface area contributed by atoms with Gasteiger partial charge in [-0.05, 0) is 24.8 Å². The van der Waals surface area contributed by atoms with Crippen molar-refractivity contribution in [2.24, 2.45) is 5.41 Å². The molecule has 3 heteroatoms. The van der Waals surface area contributed by atoms with Gasteiger partial charge in [-0.1, -0.05) is 27.2 Å². The Hall–Kier alpha value is 0.270. The van der Waals surface area contributed by atoms with Crippen LogP contribution >= 0.6 is 11.8 Å². The highest BCUT2D eigenvalue weighted by Gasteiger charge is 2.40. The number of hydrogen-bond acceptors (Lipinski definition) is 3. The average Bonchev–Trinajstić information content (AvgIpc) is 2.16. The fourth-order valence-corrected chi connectivity index (χ4v) is 4.67. The smallest absolute Gasteiger partial charge is 0.0608 e. The molecule has 94 valence electrons. The van der Waals surface area contributed by atoms with Crippen molar-refractivity contribution >= 4 is 11.8 Å². The van der Waals surface area contributed by atoms with Gasteiger partial charge in [0.05, 0.1) is 18.5 Å². The monoisotopic (exact) mass is 243 g/mol. The number of hydrogen-bond donors (Lipinski definition) is 1. The fourth-order valence-electron chi connectivity index (χ4n) is 2.90. The summed E-state index contributed by atoms with van der Waals surface area (Å²) >= 11 is 2.17. The molecule has 2 aliphatic rings. The van der Waals surface area contributed by atoms with Crippen molar-refractivity contribution in [1.29, 1.82) is 0 Å². The molecule has 0 bridgehead atoms. The van der Waals surface area contributed by atoms with E-state index in [9.17, 15) is 0 Å². The molecule has 1 N–H and O–H groups in total. The number of ether oxygens (including phenoxy) is 1. The summed E-state index contributed by atoms with van der Waals surface area (Å²) in [6.07, 6.45) is 4.13. The lowest BCUT2D eigenvalue weighted by molar-refractivity contribution is 0.0446. The van der Waals surface area contributed by atoms with E-state index >= 15 is 0 Å². The van der Waals surface area contributed by atoms with Crippen LogP contribution in [0.2, 0.25) is 0 Å². The molecule has 0 amide bonds. The molecule has 1 heterocycles. The zero-order valence-corrected chi connectivity index (χ0v) is 11.6. The summed E-state index contributed by atoms with van der Waals surface area (Å²) in [4.78, 5) is 0. The van der Waals surface area contributed by atoms with Gasteiger partial charge in [0.25, 0.3) is 0 Å². The topological polar surface area (TPSA) is 21.3 Å². The van der Waals surface area contributed by atoms with E-state index in [-0.39, 0.29) is 0 Å². The third-order valence-electron chi connectivity index (χ3n) is 3.92. The van der Waals surface area contributed by atoms with Crippen molar-refractivity contribution in [3.05, 3.63) is 0 Å². The lowest BCUT2D eigenvalue weighted by Crippen LogP contribution is -2.52. The molecule has 2 rings (SSSR count). The van der Waals surface area contributed by atoms with Crippen molar-refractivity contribution in [3.8, 4) is 0 Å². The van der Waals surface area contributed by atoms with Gasteiger partial charge >= 0.3 is 0 Å². The fraction of sp³-hybridized carbons (Fsp3) is 1.00. The first-order chi connectivity index (χ1) is 7.63. The molecule has 1 saturated carbocycles. The molecule has 0 aromatic rings. The van der Waals surface area contributed by atoms with Gasteiger partial charge in [-0.2, -0.15) is 0 Å². The molecule has 0 radical (unpaired) electrons. The van der Waals surface area contributed by atoms with Gasteiger partial charge in [0.1, 0.15) is 0 Å². The maximum absolute atomic E-state index is 5.28. The van der Waals surface area contributed by atoms with Crippen molar-refractivity contribution in [2.75, 3.05) is 19.8 Å². The number of nitrogens with one attached hydrogen (secondary N) is 1. The minimum atomic E-state index is 0.455. The normalized spacial score (nSPS) is 34.7. The maximum Gasteiger partial charge on any atom is 0.0608 e. The highest BCUT2D eigenvalue weighted by Crippen LogP contribution is 2.42. The highest BCUT2D eigenvalue weighted by atomic mass is 32.2. The minimum Gasteiger partial charge on any atom is -0.379 e. The Balaban J connectivity index is 1.96. The summed E-state index contributed by atoms with van der Waals surface area (Å²) < 4.78 is 5.28. The molecule has 0 spiro atoms. The molecule has 0 aromatic carbocycles. The quantitative estimate of drug-likeness (QED) is 0.820. The summed E-state index contributed by atoms with van der Waals surface area (Å²) in [5.74, 6) is 0. The van der Waals surface area contributed by atoms with E-state index in [0.29, 0.717) is 11.5 Å². The van der Waals surface area contributed by atoms with E-state index in [2.05, 4.69) is 37.8 Å². The average molecular weight is 243 g/mol. The molecule has 2 atom stereocenters. The molecule has 0 aromatic heterocycles. The summed E-state index contributed by atoms with van der Waals surface area (Å²) in [7, 11) is 0. The Labute approximate surface area is 104 Å². The zero-order valence-electron chi connectivity index (χ0n) is 10.8.